The van der Waals surface area contributed by atoms with Gasteiger partial charge >= 0.3 is 0 Å². The highest BCUT2D eigenvalue weighted by molar-refractivity contribution is 7.72. The number of nitrogens with zero attached hydrogens (tertiary/aromatic N) is 1. The predicted octanol–water partition coefficient (Wildman–Crippen LogP) is 0.714. The molecule has 15 heavy (non-hydrogen) atoms. The molecule has 2 rings (SSSR count). The van der Waals surface area contributed by atoms with Crippen molar-refractivity contribution in [3.05, 3.63) is 23.8 Å². The van der Waals surface area contributed by atoms with Gasteiger partial charge in [0.25, 0.3) is 0 Å². The summed E-state index contributed by atoms with van der Waals surface area (Å²) in [6.45, 7) is 0.765. The zero-order valence-corrected chi connectivity index (χ0v) is 9.11. The molecule has 0 atom stereocenters. The number of aromatic hydroxyl groups is 1. The van der Waals surface area contributed by atoms with E-state index in [1.807, 2.05) is 4.90 Å². The zero-order chi connectivity index (χ0) is 10.8. The molecule has 0 aromatic heterocycles. The van der Waals surface area contributed by atoms with Crippen LogP contribution in [0.4, 0.5) is 5.69 Å². The lowest BCUT2D eigenvalue weighted by atomic mass is 10.0. The zero-order valence-electron chi connectivity index (χ0n) is 8.22. The van der Waals surface area contributed by atoms with Crippen molar-refractivity contribution in [3.8, 4) is 5.75 Å². The van der Waals surface area contributed by atoms with Gasteiger partial charge < -0.3 is 10.0 Å². The van der Waals surface area contributed by atoms with Gasteiger partial charge in [-0.2, -0.15) is 0 Å². The minimum absolute atomic E-state index is 0.0626. The first-order chi connectivity index (χ1) is 7.16. The summed E-state index contributed by atoms with van der Waals surface area (Å²) in [5.41, 5.74) is 1.95. The molecular weight excluding hydrogens is 214 g/mol. The molecule has 5 heteroatoms. The molecule has 0 unspecified atom stereocenters. The van der Waals surface area contributed by atoms with E-state index >= 15 is 0 Å². The lowest BCUT2D eigenvalue weighted by Gasteiger charge is -2.29. The summed E-state index contributed by atoms with van der Waals surface area (Å²) in [6, 6.07) is 5.08. The van der Waals surface area contributed by atoms with Gasteiger partial charge in [0, 0.05) is 12.2 Å². The Balaban J connectivity index is 2.34. The Kier molecular flexibility index (Phi) is 2.81. The molecule has 0 spiro atoms. The second kappa shape index (κ2) is 4.10. The van der Waals surface area contributed by atoms with E-state index in [0.29, 0.717) is 0 Å². The Morgan fingerprint density at radius 2 is 2.20 bits per heavy atom. The van der Waals surface area contributed by atoms with E-state index in [4.69, 9.17) is 0 Å². The second-order valence-corrected chi connectivity index (χ2v) is 4.60. The van der Waals surface area contributed by atoms with Gasteiger partial charge in [-0.1, -0.05) is 0 Å². The van der Waals surface area contributed by atoms with Crippen molar-refractivity contribution in [3.63, 3.8) is 0 Å². The van der Waals surface area contributed by atoms with Crippen LogP contribution in [0.5, 0.6) is 5.75 Å². The number of fused-ring (bicyclic) bond motifs is 1. The van der Waals surface area contributed by atoms with Gasteiger partial charge in [-0.3, -0.25) is 0 Å². The number of phenols is 1. The molecule has 0 amide bonds. The van der Waals surface area contributed by atoms with Crippen LogP contribution in [0.3, 0.4) is 0 Å². The van der Waals surface area contributed by atoms with Crippen LogP contribution in [-0.2, 0) is 17.1 Å². The Labute approximate surface area is 90.1 Å². The molecule has 0 bridgehead atoms. The summed E-state index contributed by atoms with van der Waals surface area (Å²) in [5, 5.41) is 9.32. The number of anilines is 1. The molecule has 0 saturated heterocycles. The van der Waals surface area contributed by atoms with Crippen molar-refractivity contribution >= 4 is 16.4 Å². The maximum absolute atomic E-state index is 10.7. The van der Waals surface area contributed by atoms with E-state index in [-0.39, 0.29) is 11.6 Å². The third-order valence-corrected chi connectivity index (χ3v) is 3.14. The Hall–Kier alpha value is -1.23. The Bertz CT molecular complexity index is 434. The minimum atomic E-state index is -2.39. The van der Waals surface area contributed by atoms with E-state index in [0.717, 1.165) is 30.6 Å². The standard InChI is InChI=1S/C10H13NO3S/c12-9-3-4-10-8(6-9)2-1-5-11(10)7-15(13)14/h3-4,6,12,15H,1-2,5,7H2. The van der Waals surface area contributed by atoms with Gasteiger partial charge in [0.2, 0.25) is 0 Å². The van der Waals surface area contributed by atoms with E-state index in [1.54, 1.807) is 18.2 Å². The molecule has 1 aliphatic heterocycles. The van der Waals surface area contributed by atoms with E-state index < -0.39 is 10.7 Å². The van der Waals surface area contributed by atoms with Gasteiger partial charge in [-0.05, 0) is 36.6 Å². The highest BCUT2D eigenvalue weighted by Gasteiger charge is 2.17. The lowest BCUT2D eigenvalue weighted by molar-refractivity contribution is 0.474. The summed E-state index contributed by atoms with van der Waals surface area (Å²) >= 11 is 0. The number of phenolic OH excluding ortho intramolecular Hbond substituents is 1. The first-order valence-electron chi connectivity index (χ1n) is 4.85. The molecule has 1 heterocycles. The van der Waals surface area contributed by atoms with Crippen LogP contribution < -0.4 is 4.90 Å². The highest BCUT2D eigenvalue weighted by Crippen LogP contribution is 2.29. The first-order valence-corrected chi connectivity index (χ1v) is 6.22. The van der Waals surface area contributed by atoms with Crippen LogP contribution >= 0.6 is 0 Å². The normalized spacial score (nSPS) is 15.4. The van der Waals surface area contributed by atoms with E-state index in [1.165, 1.54) is 0 Å². The smallest absolute Gasteiger partial charge is 0.158 e. The van der Waals surface area contributed by atoms with Crippen molar-refractivity contribution in [2.45, 2.75) is 12.8 Å². The summed E-state index contributed by atoms with van der Waals surface area (Å²) in [6.07, 6.45) is 1.83. The van der Waals surface area contributed by atoms with Crippen molar-refractivity contribution < 1.29 is 13.5 Å². The highest BCUT2D eigenvalue weighted by atomic mass is 32.2. The molecule has 1 aromatic carbocycles. The minimum Gasteiger partial charge on any atom is -0.508 e. The third kappa shape index (κ3) is 2.23. The van der Waals surface area contributed by atoms with Crippen molar-refractivity contribution in [2.75, 3.05) is 17.3 Å². The third-order valence-electron chi connectivity index (χ3n) is 2.56. The maximum atomic E-state index is 10.7. The largest absolute Gasteiger partial charge is 0.508 e. The SMILES string of the molecule is O=[SH](=O)CN1CCCc2cc(O)ccc21. The fourth-order valence-corrected chi connectivity index (χ4v) is 2.52. The molecule has 1 aromatic rings. The monoisotopic (exact) mass is 227 g/mol. The fourth-order valence-electron chi connectivity index (χ4n) is 1.95. The fraction of sp³-hybridized carbons (Fsp3) is 0.400. The average Bonchev–Trinajstić information content (AvgIpc) is 2.16. The van der Waals surface area contributed by atoms with E-state index in [2.05, 4.69) is 0 Å². The van der Waals surface area contributed by atoms with Gasteiger partial charge in [-0.25, -0.2) is 8.42 Å². The summed E-state index contributed by atoms with van der Waals surface area (Å²) in [4.78, 5) is 1.84. The van der Waals surface area contributed by atoms with Crippen LogP contribution in [0.15, 0.2) is 18.2 Å². The quantitative estimate of drug-likeness (QED) is 0.731. The van der Waals surface area contributed by atoms with Gasteiger partial charge in [0.05, 0.1) is 0 Å². The Morgan fingerprint density at radius 1 is 1.40 bits per heavy atom. The number of hydrogen-bond donors (Lipinski definition) is 2. The summed E-state index contributed by atoms with van der Waals surface area (Å²) in [7, 11) is -2.39. The molecule has 0 radical (unpaired) electrons. The van der Waals surface area contributed by atoms with Crippen LogP contribution in [0.25, 0.3) is 0 Å². The topological polar surface area (TPSA) is 57.6 Å². The summed E-state index contributed by atoms with van der Waals surface area (Å²) in [5.74, 6) is 0.301. The molecule has 4 nitrogen and oxygen atoms in total. The molecular formula is C10H13NO3S. The lowest BCUT2D eigenvalue weighted by Crippen LogP contribution is -2.30. The molecule has 0 fully saturated rings. The number of benzene rings is 1. The maximum Gasteiger partial charge on any atom is 0.158 e. The van der Waals surface area contributed by atoms with Gasteiger partial charge in [0.1, 0.15) is 11.6 Å². The van der Waals surface area contributed by atoms with Crippen LogP contribution in [0.2, 0.25) is 0 Å². The van der Waals surface area contributed by atoms with Crippen molar-refractivity contribution in [1.82, 2.24) is 0 Å². The number of thiol groups is 1. The molecule has 0 aliphatic carbocycles. The molecule has 82 valence electrons. The summed E-state index contributed by atoms with van der Waals surface area (Å²) < 4.78 is 21.4. The van der Waals surface area contributed by atoms with Crippen LogP contribution in [-0.4, -0.2) is 25.9 Å². The first kappa shape index (κ1) is 10.3. The Morgan fingerprint density at radius 3 is 2.93 bits per heavy atom. The van der Waals surface area contributed by atoms with Gasteiger partial charge in [-0.15, -0.1) is 0 Å². The van der Waals surface area contributed by atoms with Crippen molar-refractivity contribution in [1.29, 1.82) is 0 Å². The van der Waals surface area contributed by atoms with Gasteiger partial charge in [0.15, 0.2) is 10.7 Å². The number of aryl methyl sites for hydroxylation is 1. The van der Waals surface area contributed by atoms with Crippen molar-refractivity contribution in [2.24, 2.45) is 0 Å². The average molecular weight is 227 g/mol. The van der Waals surface area contributed by atoms with Crippen LogP contribution in [0.1, 0.15) is 12.0 Å². The number of rotatable bonds is 2. The molecule has 1 aliphatic rings. The van der Waals surface area contributed by atoms with Crippen LogP contribution in [0, 0.1) is 0 Å². The second-order valence-electron chi connectivity index (χ2n) is 3.65. The predicted molar refractivity (Wildman–Crippen MR) is 59.0 cm³/mol. The molecule has 1 N–H and O–H groups in total. The number of hydrogen-bond acceptors (Lipinski definition) is 4. The van der Waals surface area contributed by atoms with E-state index in [9.17, 15) is 13.5 Å². The molecule has 0 saturated carbocycles.